The number of nitrogens with zero attached hydrogens (tertiary/aromatic N) is 2. The SMILES string of the molecule is COc1ccc(Nc2nc(-c3ccc4c(c3)CC(C)N4S(C)(=O)=O)cs2)cc1. The first-order chi connectivity index (χ1) is 13.3. The van der Waals surface area contributed by atoms with Gasteiger partial charge in [-0.3, -0.25) is 4.31 Å². The van der Waals surface area contributed by atoms with Crippen molar-refractivity contribution in [1.82, 2.24) is 4.98 Å². The molecule has 4 rings (SSSR count). The van der Waals surface area contributed by atoms with Gasteiger partial charge in [-0.1, -0.05) is 6.07 Å². The third-order valence-electron chi connectivity index (χ3n) is 4.73. The summed E-state index contributed by atoms with van der Waals surface area (Å²) in [4.78, 5) is 4.67. The molecule has 0 bridgehead atoms. The molecule has 1 unspecified atom stereocenters. The summed E-state index contributed by atoms with van der Waals surface area (Å²) in [5, 5.41) is 6.09. The molecule has 6 nitrogen and oxygen atoms in total. The molecule has 0 spiro atoms. The van der Waals surface area contributed by atoms with Crippen molar-refractivity contribution >= 4 is 37.9 Å². The van der Waals surface area contributed by atoms with Gasteiger partial charge in [0.05, 0.1) is 24.7 Å². The highest BCUT2D eigenvalue weighted by atomic mass is 32.2. The molecule has 3 aromatic rings. The minimum absolute atomic E-state index is 0.0667. The van der Waals surface area contributed by atoms with Crippen LogP contribution in [0.15, 0.2) is 47.8 Å². The fraction of sp³-hybridized carbons (Fsp3) is 0.250. The van der Waals surface area contributed by atoms with Gasteiger partial charge in [0, 0.05) is 22.7 Å². The number of hydrogen-bond acceptors (Lipinski definition) is 6. The van der Waals surface area contributed by atoms with E-state index in [9.17, 15) is 8.42 Å². The van der Waals surface area contributed by atoms with Crippen LogP contribution in [0, 0.1) is 0 Å². The average Bonchev–Trinajstić information content (AvgIpc) is 3.24. The zero-order valence-corrected chi connectivity index (χ0v) is 17.5. The molecule has 1 N–H and O–H groups in total. The monoisotopic (exact) mass is 415 g/mol. The molecule has 0 saturated carbocycles. The molecule has 0 radical (unpaired) electrons. The maximum absolute atomic E-state index is 12.1. The van der Waals surface area contributed by atoms with E-state index in [1.807, 2.05) is 54.8 Å². The molecule has 28 heavy (non-hydrogen) atoms. The Morgan fingerprint density at radius 1 is 1.21 bits per heavy atom. The standard InChI is InChI=1S/C20H21N3O3S2/c1-13-10-15-11-14(4-9-19(15)23(13)28(3,24)25)18-12-27-20(22-18)21-16-5-7-17(26-2)8-6-16/h4-9,11-13H,10H2,1-3H3,(H,21,22). The molecule has 146 valence electrons. The number of methoxy groups -OCH3 is 1. The zero-order chi connectivity index (χ0) is 19.9. The highest BCUT2D eigenvalue weighted by Crippen LogP contribution is 2.37. The van der Waals surface area contributed by atoms with Crippen LogP contribution in [-0.2, 0) is 16.4 Å². The number of anilines is 3. The van der Waals surface area contributed by atoms with Gasteiger partial charge in [-0.25, -0.2) is 13.4 Å². The van der Waals surface area contributed by atoms with Crippen molar-refractivity contribution in [3.8, 4) is 17.0 Å². The minimum atomic E-state index is -3.28. The Balaban J connectivity index is 1.57. The number of ether oxygens (including phenoxy) is 1. The van der Waals surface area contributed by atoms with Crippen LogP contribution < -0.4 is 14.4 Å². The molecule has 1 aliphatic heterocycles. The molecule has 2 heterocycles. The zero-order valence-electron chi connectivity index (χ0n) is 15.8. The summed E-state index contributed by atoms with van der Waals surface area (Å²) in [6.07, 6.45) is 1.96. The summed E-state index contributed by atoms with van der Waals surface area (Å²) < 4.78 is 30.8. The van der Waals surface area contributed by atoms with Crippen LogP contribution in [0.1, 0.15) is 12.5 Å². The third kappa shape index (κ3) is 3.57. The van der Waals surface area contributed by atoms with Gasteiger partial charge in [-0.15, -0.1) is 11.3 Å². The molecule has 0 fully saturated rings. The van der Waals surface area contributed by atoms with Crippen LogP contribution >= 0.6 is 11.3 Å². The van der Waals surface area contributed by atoms with Crippen molar-refractivity contribution in [2.24, 2.45) is 0 Å². The number of fused-ring (bicyclic) bond motifs is 1. The lowest BCUT2D eigenvalue weighted by Gasteiger charge is -2.21. The largest absolute Gasteiger partial charge is 0.497 e. The number of thiazole rings is 1. The van der Waals surface area contributed by atoms with Crippen LogP contribution in [0.5, 0.6) is 5.75 Å². The van der Waals surface area contributed by atoms with E-state index in [0.29, 0.717) is 6.42 Å². The lowest BCUT2D eigenvalue weighted by molar-refractivity contribution is 0.415. The topological polar surface area (TPSA) is 71.5 Å². The van der Waals surface area contributed by atoms with Crippen molar-refractivity contribution in [2.75, 3.05) is 23.0 Å². The smallest absolute Gasteiger partial charge is 0.232 e. The van der Waals surface area contributed by atoms with Crippen LogP contribution in [0.2, 0.25) is 0 Å². The predicted octanol–water partition coefficient (Wildman–Crippen LogP) is 4.27. The first-order valence-corrected chi connectivity index (χ1v) is 11.6. The number of aromatic nitrogens is 1. The molecule has 1 atom stereocenters. The van der Waals surface area contributed by atoms with Crippen LogP contribution in [0.25, 0.3) is 11.3 Å². The van der Waals surface area contributed by atoms with E-state index in [2.05, 4.69) is 10.3 Å². The molecular weight excluding hydrogens is 394 g/mol. The average molecular weight is 416 g/mol. The van der Waals surface area contributed by atoms with Crippen molar-refractivity contribution in [1.29, 1.82) is 0 Å². The second-order valence-electron chi connectivity index (χ2n) is 6.85. The van der Waals surface area contributed by atoms with E-state index in [0.717, 1.165) is 39.1 Å². The highest BCUT2D eigenvalue weighted by molar-refractivity contribution is 7.92. The van der Waals surface area contributed by atoms with E-state index in [1.165, 1.54) is 21.9 Å². The number of benzene rings is 2. The first kappa shape index (κ1) is 18.8. The van der Waals surface area contributed by atoms with E-state index in [1.54, 1.807) is 7.11 Å². The number of hydrogen-bond donors (Lipinski definition) is 1. The maximum atomic E-state index is 12.1. The number of sulfonamides is 1. The van der Waals surface area contributed by atoms with Crippen molar-refractivity contribution < 1.29 is 13.2 Å². The second kappa shape index (κ2) is 7.10. The number of nitrogens with one attached hydrogen (secondary N) is 1. The van der Waals surface area contributed by atoms with Gasteiger partial charge in [0.1, 0.15) is 5.75 Å². The summed E-state index contributed by atoms with van der Waals surface area (Å²) in [5.74, 6) is 0.806. The van der Waals surface area contributed by atoms with Gasteiger partial charge < -0.3 is 10.1 Å². The summed E-state index contributed by atoms with van der Waals surface area (Å²) in [6, 6.07) is 13.5. The van der Waals surface area contributed by atoms with Gasteiger partial charge in [0.15, 0.2) is 5.13 Å². The predicted molar refractivity (Wildman–Crippen MR) is 114 cm³/mol. The summed E-state index contributed by atoms with van der Waals surface area (Å²) in [6.45, 7) is 1.93. The van der Waals surface area contributed by atoms with Crippen LogP contribution in [0.3, 0.4) is 0 Å². The molecule has 2 aromatic carbocycles. The number of rotatable bonds is 5. The van der Waals surface area contributed by atoms with Gasteiger partial charge in [-0.05, 0) is 55.3 Å². The quantitative estimate of drug-likeness (QED) is 0.674. The van der Waals surface area contributed by atoms with Crippen molar-refractivity contribution in [3.05, 3.63) is 53.4 Å². The normalized spacial score (nSPS) is 16.1. The molecule has 1 aliphatic rings. The molecule has 0 saturated heterocycles. The summed E-state index contributed by atoms with van der Waals surface area (Å²) >= 11 is 1.53. The van der Waals surface area contributed by atoms with Crippen molar-refractivity contribution in [2.45, 2.75) is 19.4 Å². The molecule has 0 aliphatic carbocycles. The Labute approximate surface area is 168 Å². The fourth-order valence-corrected chi connectivity index (χ4v) is 5.53. The summed E-state index contributed by atoms with van der Waals surface area (Å²) in [7, 11) is -1.64. The Hall–Kier alpha value is -2.58. The van der Waals surface area contributed by atoms with Gasteiger partial charge in [0.2, 0.25) is 10.0 Å². The van der Waals surface area contributed by atoms with Crippen LogP contribution in [-0.4, -0.2) is 32.8 Å². The fourth-order valence-electron chi connectivity index (χ4n) is 3.53. The highest BCUT2D eigenvalue weighted by Gasteiger charge is 2.32. The Kier molecular flexibility index (Phi) is 4.76. The molecule has 0 amide bonds. The van der Waals surface area contributed by atoms with Gasteiger partial charge >= 0.3 is 0 Å². The van der Waals surface area contributed by atoms with Crippen molar-refractivity contribution in [3.63, 3.8) is 0 Å². The van der Waals surface area contributed by atoms with E-state index < -0.39 is 10.0 Å². The Morgan fingerprint density at radius 3 is 2.64 bits per heavy atom. The lowest BCUT2D eigenvalue weighted by atomic mass is 10.1. The van der Waals surface area contributed by atoms with E-state index in [-0.39, 0.29) is 6.04 Å². The van der Waals surface area contributed by atoms with Gasteiger partial charge in [0.25, 0.3) is 0 Å². The maximum Gasteiger partial charge on any atom is 0.232 e. The summed E-state index contributed by atoms with van der Waals surface area (Å²) in [5.41, 5.74) is 4.60. The van der Waals surface area contributed by atoms with Crippen LogP contribution in [0.4, 0.5) is 16.5 Å². The minimum Gasteiger partial charge on any atom is -0.497 e. The lowest BCUT2D eigenvalue weighted by Crippen LogP contribution is -2.34. The Morgan fingerprint density at radius 2 is 1.96 bits per heavy atom. The van der Waals surface area contributed by atoms with Gasteiger partial charge in [-0.2, -0.15) is 0 Å². The molecule has 1 aromatic heterocycles. The Bertz CT molecular complexity index is 1110. The second-order valence-corrected chi connectivity index (χ2v) is 9.56. The molecular formula is C20H21N3O3S2. The van der Waals surface area contributed by atoms with E-state index >= 15 is 0 Å². The third-order valence-corrected chi connectivity index (χ3v) is 6.76. The first-order valence-electron chi connectivity index (χ1n) is 8.84. The molecule has 8 heteroatoms. The van der Waals surface area contributed by atoms with E-state index in [4.69, 9.17) is 4.74 Å².